The number of unbranched alkanes of at least 4 members (excludes halogenated alkanes) is 2. The molecule has 0 aliphatic carbocycles. The molecule has 0 aromatic heterocycles. The molecule has 0 spiro atoms. The molecular weight excluding hydrogens is 362 g/mol. The van der Waals surface area contributed by atoms with E-state index in [9.17, 15) is 24.9 Å². The molecule has 1 fully saturated rings. The van der Waals surface area contributed by atoms with Crippen LogP contribution in [0.1, 0.15) is 32.6 Å². The van der Waals surface area contributed by atoms with Gasteiger partial charge < -0.3 is 36.4 Å². The molecule has 152 valence electrons. The molecule has 1 rings (SSSR count). The zero-order valence-electron chi connectivity index (χ0n) is 15.1. The summed E-state index contributed by atoms with van der Waals surface area (Å²) in [5, 5.41) is 34.8. The zero-order chi connectivity index (χ0) is 19.5. The topological polar surface area (TPSA) is 154 Å². The van der Waals surface area contributed by atoms with Crippen molar-refractivity contribution < 1.29 is 29.6 Å². The summed E-state index contributed by atoms with van der Waals surface area (Å²) in [5.74, 6) is -0.0411. The molecule has 7 N–H and O–H groups in total. The Morgan fingerprint density at radius 3 is 2.54 bits per heavy atom. The number of carbonyl (C=O) groups excluding carboxylic acids is 2. The quantitative estimate of drug-likeness (QED) is 0.227. The molecule has 1 aliphatic rings. The molecular formula is C16H31N3O6S. The third-order valence-electron chi connectivity index (χ3n) is 4.07. The number of aliphatic hydroxyl groups is 3. The van der Waals surface area contributed by atoms with Crippen molar-refractivity contribution in [2.24, 2.45) is 5.73 Å². The van der Waals surface area contributed by atoms with Gasteiger partial charge in [0.2, 0.25) is 11.8 Å². The van der Waals surface area contributed by atoms with Crippen molar-refractivity contribution in [3.63, 3.8) is 0 Å². The van der Waals surface area contributed by atoms with Crippen LogP contribution in [0, 0.1) is 0 Å². The van der Waals surface area contributed by atoms with E-state index in [1.165, 1.54) is 18.7 Å². The summed E-state index contributed by atoms with van der Waals surface area (Å²) < 4.78 is 5.58. The van der Waals surface area contributed by atoms with Gasteiger partial charge >= 0.3 is 0 Å². The van der Waals surface area contributed by atoms with Crippen LogP contribution in [-0.4, -0.2) is 82.4 Å². The van der Waals surface area contributed by atoms with E-state index in [4.69, 9.17) is 10.5 Å². The average Bonchev–Trinajstić information content (AvgIpc) is 2.60. The van der Waals surface area contributed by atoms with E-state index in [1.807, 2.05) is 0 Å². The van der Waals surface area contributed by atoms with Crippen molar-refractivity contribution in [2.45, 2.75) is 62.4 Å². The van der Waals surface area contributed by atoms with Crippen LogP contribution in [-0.2, 0) is 14.3 Å². The van der Waals surface area contributed by atoms with Gasteiger partial charge in [-0.05, 0) is 19.4 Å². The van der Waals surface area contributed by atoms with Crippen molar-refractivity contribution in [3.05, 3.63) is 0 Å². The minimum Gasteiger partial charge on any atom is -0.394 e. The van der Waals surface area contributed by atoms with Gasteiger partial charge in [-0.2, -0.15) is 0 Å². The first-order valence-electron chi connectivity index (χ1n) is 8.88. The number of nitrogens with two attached hydrogens (primary N) is 1. The van der Waals surface area contributed by atoms with Gasteiger partial charge in [-0.25, -0.2) is 0 Å². The molecule has 1 aliphatic heterocycles. The Labute approximate surface area is 158 Å². The highest BCUT2D eigenvalue weighted by Crippen LogP contribution is 2.29. The number of nitrogens with one attached hydrogen (secondary N) is 2. The minimum absolute atomic E-state index is 0.0866. The molecule has 1 saturated heterocycles. The molecule has 26 heavy (non-hydrogen) atoms. The van der Waals surface area contributed by atoms with E-state index in [0.717, 1.165) is 19.3 Å². The van der Waals surface area contributed by atoms with E-state index in [-0.39, 0.29) is 18.2 Å². The SMILES string of the molecule is CC(=O)N[C@@H]1[C@@H](O)[C@@H](O)[C@@H](CO)O[C@H]1SCCC(=O)NCCCCCN. The van der Waals surface area contributed by atoms with Gasteiger partial charge in [-0.3, -0.25) is 9.59 Å². The fourth-order valence-corrected chi connectivity index (χ4v) is 3.84. The predicted molar refractivity (Wildman–Crippen MR) is 98.4 cm³/mol. The standard InChI is InChI=1S/C16H31N3O6S/c1-10(21)19-13-15(24)14(23)11(9-20)25-16(13)26-8-5-12(22)18-7-4-2-3-6-17/h11,13-16,20,23-24H,2-9,17H2,1H3,(H,18,22)(H,19,21)/t11-,13-,14+,15-,16+/m1/s1. The largest absolute Gasteiger partial charge is 0.394 e. The van der Waals surface area contributed by atoms with Crippen LogP contribution in [0.3, 0.4) is 0 Å². The van der Waals surface area contributed by atoms with E-state index in [0.29, 0.717) is 18.8 Å². The second-order valence-corrected chi connectivity index (χ2v) is 7.46. The summed E-state index contributed by atoms with van der Waals surface area (Å²) in [6.45, 7) is 2.11. The summed E-state index contributed by atoms with van der Waals surface area (Å²) >= 11 is 1.25. The first-order valence-corrected chi connectivity index (χ1v) is 9.93. The summed E-state index contributed by atoms with van der Waals surface area (Å²) in [4.78, 5) is 23.2. The highest BCUT2D eigenvalue weighted by Gasteiger charge is 2.44. The fraction of sp³-hybridized carbons (Fsp3) is 0.875. The maximum atomic E-state index is 11.8. The lowest BCUT2D eigenvalue weighted by Gasteiger charge is -2.42. The highest BCUT2D eigenvalue weighted by atomic mass is 32.2. The second-order valence-electron chi connectivity index (χ2n) is 6.25. The normalized spacial score (nSPS) is 28.6. The number of amides is 2. The number of ether oxygens (including phenoxy) is 1. The van der Waals surface area contributed by atoms with Crippen LogP contribution in [0.15, 0.2) is 0 Å². The van der Waals surface area contributed by atoms with Crippen LogP contribution in [0.4, 0.5) is 0 Å². The van der Waals surface area contributed by atoms with Gasteiger partial charge in [-0.1, -0.05) is 6.42 Å². The number of carbonyl (C=O) groups is 2. The maximum absolute atomic E-state index is 11.8. The predicted octanol–water partition coefficient (Wildman–Crippen LogP) is -1.70. The monoisotopic (exact) mass is 393 g/mol. The third-order valence-corrected chi connectivity index (χ3v) is 5.24. The fourth-order valence-electron chi connectivity index (χ4n) is 2.64. The molecule has 10 heteroatoms. The lowest BCUT2D eigenvalue weighted by atomic mass is 9.98. The van der Waals surface area contributed by atoms with Gasteiger partial charge in [0.15, 0.2) is 0 Å². The highest BCUT2D eigenvalue weighted by molar-refractivity contribution is 7.99. The van der Waals surface area contributed by atoms with E-state index >= 15 is 0 Å². The molecule has 1 heterocycles. The number of hydrogen-bond acceptors (Lipinski definition) is 8. The van der Waals surface area contributed by atoms with E-state index in [1.54, 1.807) is 0 Å². The molecule has 5 atom stereocenters. The lowest BCUT2D eigenvalue weighted by molar-refractivity contribution is -0.173. The smallest absolute Gasteiger partial charge is 0.220 e. The summed E-state index contributed by atoms with van der Waals surface area (Å²) in [7, 11) is 0. The molecule has 0 radical (unpaired) electrons. The lowest BCUT2D eigenvalue weighted by Crippen LogP contribution is -2.63. The van der Waals surface area contributed by atoms with Crippen LogP contribution < -0.4 is 16.4 Å². The Hall–Kier alpha value is -0.910. The van der Waals surface area contributed by atoms with E-state index < -0.39 is 36.4 Å². The van der Waals surface area contributed by atoms with Crippen LogP contribution >= 0.6 is 11.8 Å². The Morgan fingerprint density at radius 1 is 1.19 bits per heavy atom. The number of rotatable bonds is 11. The van der Waals surface area contributed by atoms with Crippen molar-refractivity contribution in [1.29, 1.82) is 0 Å². The van der Waals surface area contributed by atoms with Crippen molar-refractivity contribution in [1.82, 2.24) is 10.6 Å². The van der Waals surface area contributed by atoms with Gasteiger partial charge in [0, 0.05) is 25.6 Å². The summed E-state index contributed by atoms with van der Waals surface area (Å²) in [6, 6.07) is -0.824. The van der Waals surface area contributed by atoms with Gasteiger partial charge in [-0.15, -0.1) is 11.8 Å². The summed E-state index contributed by atoms with van der Waals surface area (Å²) in [6.07, 6.45) is -0.447. The van der Waals surface area contributed by atoms with Gasteiger partial charge in [0.05, 0.1) is 12.6 Å². The Morgan fingerprint density at radius 2 is 1.92 bits per heavy atom. The molecule has 0 aromatic rings. The van der Waals surface area contributed by atoms with E-state index in [2.05, 4.69) is 10.6 Å². The average molecular weight is 394 g/mol. The molecule has 0 saturated carbocycles. The molecule has 9 nitrogen and oxygen atoms in total. The molecule has 0 bridgehead atoms. The molecule has 0 unspecified atom stereocenters. The second kappa shape index (κ2) is 12.5. The Bertz CT molecular complexity index is 442. The van der Waals surface area contributed by atoms with Gasteiger partial charge in [0.1, 0.15) is 23.7 Å². The van der Waals surface area contributed by atoms with Crippen molar-refractivity contribution >= 4 is 23.6 Å². The first kappa shape index (κ1) is 23.1. The van der Waals surface area contributed by atoms with Crippen molar-refractivity contribution in [3.8, 4) is 0 Å². The van der Waals surface area contributed by atoms with Crippen LogP contribution in [0.25, 0.3) is 0 Å². The van der Waals surface area contributed by atoms with Gasteiger partial charge in [0.25, 0.3) is 0 Å². The number of thioether (sulfide) groups is 1. The van der Waals surface area contributed by atoms with Crippen molar-refractivity contribution in [2.75, 3.05) is 25.4 Å². The van der Waals surface area contributed by atoms with Crippen LogP contribution in [0.2, 0.25) is 0 Å². The number of hydrogen-bond donors (Lipinski definition) is 6. The van der Waals surface area contributed by atoms with Crippen LogP contribution in [0.5, 0.6) is 0 Å². The number of aliphatic hydroxyl groups excluding tert-OH is 3. The summed E-state index contributed by atoms with van der Waals surface area (Å²) in [5.41, 5.74) is 4.74. The zero-order valence-corrected chi connectivity index (χ0v) is 15.9. The minimum atomic E-state index is -1.30. The first-order chi connectivity index (χ1) is 12.4. The molecule has 0 aromatic carbocycles. The molecule has 2 amide bonds. The maximum Gasteiger partial charge on any atom is 0.220 e. The Balaban J connectivity index is 2.43. The Kier molecular flexibility index (Phi) is 11.1. The third kappa shape index (κ3) is 7.77.